The summed E-state index contributed by atoms with van der Waals surface area (Å²) in [7, 11) is 2.05. The summed E-state index contributed by atoms with van der Waals surface area (Å²) in [6.07, 6.45) is 6.50. The lowest BCUT2D eigenvalue weighted by Gasteiger charge is -2.35. The molecule has 1 aromatic heterocycles. The van der Waals surface area contributed by atoms with Crippen LogP contribution in [0.15, 0.2) is 18.3 Å². The highest BCUT2D eigenvalue weighted by atomic mass is 16.4. The third-order valence-electron chi connectivity index (χ3n) is 3.83. The zero-order valence-corrected chi connectivity index (χ0v) is 11.0. The molecule has 0 spiro atoms. The molecule has 1 saturated carbocycles. The van der Waals surface area contributed by atoms with Gasteiger partial charge in [0.25, 0.3) is 0 Å². The summed E-state index contributed by atoms with van der Waals surface area (Å²) in [5, 5.41) is 8.96. The Morgan fingerprint density at radius 3 is 2.94 bits per heavy atom. The van der Waals surface area contributed by atoms with Crippen molar-refractivity contribution in [2.75, 3.05) is 11.9 Å². The van der Waals surface area contributed by atoms with Crippen LogP contribution in [-0.2, 0) is 0 Å². The van der Waals surface area contributed by atoms with Crippen molar-refractivity contribution in [3.63, 3.8) is 0 Å². The lowest BCUT2D eigenvalue weighted by Crippen LogP contribution is -2.35. The molecule has 1 aliphatic carbocycles. The maximum atomic E-state index is 10.9. The molecule has 1 heterocycles. The molecule has 2 rings (SSSR count). The smallest absolute Gasteiger partial charge is 0.354 e. The van der Waals surface area contributed by atoms with Crippen LogP contribution in [0.3, 0.4) is 0 Å². The number of aromatic carboxylic acids is 1. The SMILES string of the molecule is CC1CCCC(N(C)c2ccnc(C(=O)O)c2)C1. The number of carbonyl (C=O) groups is 1. The Bertz CT molecular complexity index is 434. The average molecular weight is 248 g/mol. The molecule has 1 aliphatic rings. The molecule has 1 aromatic rings. The Labute approximate surface area is 108 Å². The van der Waals surface area contributed by atoms with E-state index in [0.29, 0.717) is 6.04 Å². The van der Waals surface area contributed by atoms with Gasteiger partial charge in [0.05, 0.1) is 0 Å². The highest BCUT2D eigenvalue weighted by Crippen LogP contribution is 2.29. The largest absolute Gasteiger partial charge is 0.477 e. The Morgan fingerprint density at radius 1 is 1.50 bits per heavy atom. The van der Waals surface area contributed by atoms with Crippen molar-refractivity contribution >= 4 is 11.7 Å². The summed E-state index contributed by atoms with van der Waals surface area (Å²) < 4.78 is 0. The Morgan fingerprint density at radius 2 is 2.28 bits per heavy atom. The van der Waals surface area contributed by atoms with Crippen LogP contribution >= 0.6 is 0 Å². The summed E-state index contributed by atoms with van der Waals surface area (Å²) >= 11 is 0. The van der Waals surface area contributed by atoms with Gasteiger partial charge >= 0.3 is 5.97 Å². The molecule has 1 N–H and O–H groups in total. The van der Waals surface area contributed by atoms with Crippen LogP contribution in [0, 0.1) is 5.92 Å². The third-order valence-corrected chi connectivity index (χ3v) is 3.83. The number of carboxylic acids is 1. The van der Waals surface area contributed by atoms with Gasteiger partial charge in [-0.25, -0.2) is 9.78 Å². The Kier molecular flexibility index (Phi) is 3.84. The summed E-state index contributed by atoms with van der Waals surface area (Å²) in [4.78, 5) is 17.0. The number of aromatic nitrogens is 1. The van der Waals surface area contributed by atoms with Crippen LogP contribution in [0.5, 0.6) is 0 Å². The quantitative estimate of drug-likeness (QED) is 0.893. The van der Waals surface area contributed by atoms with Crippen molar-refractivity contribution in [2.24, 2.45) is 5.92 Å². The zero-order valence-electron chi connectivity index (χ0n) is 11.0. The van der Waals surface area contributed by atoms with Crippen LogP contribution in [-0.4, -0.2) is 29.1 Å². The molecular weight excluding hydrogens is 228 g/mol. The van der Waals surface area contributed by atoms with Crippen molar-refractivity contribution < 1.29 is 9.90 Å². The van der Waals surface area contributed by atoms with Gasteiger partial charge in [-0.2, -0.15) is 0 Å². The standard InChI is InChI=1S/C14H20N2O2/c1-10-4-3-5-11(8-10)16(2)12-6-7-15-13(9-12)14(17)18/h6-7,9-11H,3-5,8H2,1-2H3,(H,17,18). The van der Waals surface area contributed by atoms with Crippen LogP contribution in [0.4, 0.5) is 5.69 Å². The fraction of sp³-hybridized carbons (Fsp3) is 0.571. The Balaban J connectivity index is 2.14. The summed E-state index contributed by atoms with van der Waals surface area (Å²) in [5.74, 6) is -0.214. The molecule has 1 fully saturated rings. The van der Waals surface area contributed by atoms with E-state index < -0.39 is 5.97 Å². The first-order valence-electron chi connectivity index (χ1n) is 6.50. The predicted molar refractivity (Wildman–Crippen MR) is 71.0 cm³/mol. The fourth-order valence-electron chi connectivity index (χ4n) is 2.72. The van der Waals surface area contributed by atoms with Crippen LogP contribution < -0.4 is 4.90 Å². The number of pyridine rings is 1. The molecule has 98 valence electrons. The lowest BCUT2D eigenvalue weighted by molar-refractivity contribution is 0.0690. The van der Waals surface area contributed by atoms with E-state index in [0.717, 1.165) is 11.6 Å². The van der Waals surface area contributed by atoms with Crippen molar-refractivity contribution in [3.8, 4) is 0 Å². The average Bonchev–Trinajstić information content (AvgIpc) is 2.38. The van der Waals surface area contributed by atoms with Gasteiger partial charge in [0.2, 0.25) is 0 Å². The zero-order chi connectivity index (χ0) is 13.1. The van der Waals surface area contributed by atoms with Gasteiger partial charge < -0.3 is 10.0 Å². The van der Waals surface area contributed by atoms with E-state index in [1.807, 2.05) is 13.1 Å². The molecule has 2 unspecified atom stereocenters. The van der Waals surface area contributed by atoms with E-state index in [1.54, 1.807) is 12.3 Å². The molecule has 0 amide bonds. The predicted octanol–water partition coefficient (Wildman–Crippen LogP) is 2.79. The van der Waals surface area contributed by atoms with Gasteiger partial charge in [-0.05, 0) is 30.9 Å². The molecule has 0 aromatic carbocycles. The van der Waals surface area contributed by atoms with Gasteiger partial charge in [0, 0.05) is 25.0 Å². The van der Waals surface area contributed by atoms with E-state index in [9.17, 15) is 4.79 Å². The minimum absolute atomic E-state index is 0.114. The number of rotatable bonds is 3. The van der Waals surface area contributed by atoms with Crippen LogP contribution in [0.25, 0.3) is 0 Å². The minimum atomic E-state index is -0.970. The second-order valence-corrected chi connectivity index (χ2v) is 5.24. The van der Waals surface area contributed by atoms with Gasteiger partial charge in [0.1, 0.15) is 5.69 Å². The number of nitrogens with zero attached hydrogens (tertiary/aromatic N) is 2. The van der Waals surface area contributed by atoms with Crippen molar-refractivity contribution in [1.29, 1.82) is 0 Å². The van der Waals surface area contributed by atoms with E-state index in [1.165, 1.54) is 25.7 Å². The molecule has 0 bridgehead atoms. The second-order valence-electron chi connectivity index (χ2n) is 5.24. The maximum absolute atomic E-state index is 10.9. The number of anilines is 1. The van der Waals surface area contributed by atoms with E-state index in [2.05, 4.69) is 16.8 Å². The maximum Gasteiger partial charge on any atom is 0.354 e. The first-order valence-corrected chi connectivity index (χ1v) is 6.50. The van der Waals surface area contributed by atoms with Gasteiger partial charge in [-0.3, -0.25) is 0 Å². The lowest BCUT2D eigenvalue weighted by atomic mass is 9.86. The monoisotopic (exact) mass is 248 g/mol. The van der Waals surface area contributed by atoms with Crippen LogP contribution in [0.1, 0.15) is 43.1 Å². The number of hydrogen-bond acceptors (Lipinski definition) is 3. The van der Waals surface area contributed by atoms with Crippen molar-refractivity contribution in [2.45, 2.75) is 38.6 Å². The third kappa shape index (κ3) is 2.81. The van der Waals surface area contributed by atoms with Crippen molar-refractivity contribution in [3.05, 3.63) is 24.0 Å². The van der Waals surface area contributed by atoms with E-state index >= 15 is 0 Å². The normalized spacial score (nSPS) is 23.7. The summed E-state index contributed by atoms with van der Waals surface area (Å²) in [6, 6.07) is 4.05. The van der Waals surface area contributed by atoms with E-state index in [4.69, 9.17) is 5.11 Å². The van der Waals surface area contributed by atoms with Gasteiger partial charge in [-0.15, -0.1) is 0 Å². The molecule has 18 heavy (non-hydrogen) atoms. The highest BCUT2D eigenvalue weighted by molar-refractivity contribution is 5.86. The molecular formula is C14H20N2O2. The fourth-order valence-corrected chi connectivity index (χ4v) is 2.72. The molecule has 0 aliphatic heterocycles. The van der Waals surface area contributed by atoms with Crippen molar-refractivity contribution in [1.82, 2.24) is 4.98 Å². The second kappa shape index (κ2) is 5.38. The van der Waals surface area contributed by atoms with E-state index in [-0.39, 0.29) is 5.69 Å². The molecule has 4 nitrogen and oxygen atoms in total. The highest BCUT2D eigenvalue weighted by Gasteiger charge is 2.23. The summed E-state index contributed by atoms with van der Waals surface area (Å²) in [6.45, 7) is 2.29. The number of carboxylic acid groups (broad SMARTS) is 1. The topological polar surface area (TPSA) is 53.4 Å². The van der Waals surface area contributed by atoms with Crippen LogP contribution in [0.2, 0.25) is 0 Å². The Hall–Kier alpha value is -1.58. The molecule has 2 atom stereocenters. The first-order chi connectivity index (χ1) is 8.58. The minimum Gasteiger partial charge on any atom is -0.477 e. The molecule has 4 heteroatoms. The molecule has 0 saturated heterocycles. The van der Waals surface area contributed by atoms with Gasteiger partial charge in [0.15, 0.2) is 0 Å². The number of hydrogen-bond donors (Lipinski definition) is 1. The summed E-state index contributed by atoms with van der Waals surface area (Å²) in [5.41, 5.74) is 1.06. The first kappa shape index (κ1) is 12.9. The molecule has 0 radical (unpaired) electrons. The van der Waals surface area contributed by atoms with Gasteiger partial charge in [-0.1, -0.05) is 19.8 Å².